The quantitative estimate of drug-likeness (QED) is 0.766. The van der Waals surface area contributed by atoms with E-state index in [0.717, 1.165) is 24.6 Å². The lowest BCUT2D eigenvalue weighted by Crippen LogP contribution is -3.13. The van der Waals surface area contributed by atoms with Gasteiger partial charge in [0.05, 0.1) is 26.2 Å². The van der Waals surface area contributed by atoms with E-state index in [-0.39, 0.29) is 0 Å². The number of benzene rings is 2. The molecule has 0 radical (unpaired) electrons. The first kappa shape index (κ1) is 17.3. The number of anilines is 1. The number of hydrogen-bond donors (Lipinski definition) is 1. The Labute approximate surface area is 159 Å². The molecule has 1 aliphatic rings. The average Bonchev–Trinajstić information content (AvgIpc) is 3.12. The highest BCUT2D eigenvalue weighted by molar-refractivity contribution is 7.13. The Morgan fingerprint density at radius 2 is 1.73 bits per heavy atom. The maximum atomic E-state index is 4.88. The molecular weight excluding hydrogens is 338 g/mol. The lowest BCUT2D eigenvalue weighted by atomic mass is 10.1. The third-order valence-corrected chi connectivity index (χ3v) is 6.15. The molecule has 1 N–H and O–H groups in total. The van der Waals surface area contributed by atoms with E-state index in [1.54, 1.807) is 16.2 Å². The molecular formula is C22H26N3S+. The third-order valence-electron chi connectivity index (χ3n) is 5.21. The van der Waals surface area contributed by atoms with Crippen LogP contribution in [0.4, 0.5) is 5.69 Å². The van der Waals surface area contributed by atoms with E-state index in [2.05, 4.69) is 72.7 Å². The van der Waals surface area contributed by atoms with Gasteiger partial charge < -0.3 is 9.80 Å². The normalized spacial score (nSPS) is 15.4. The van der Waals surface area contributed by atoms with Crippen molar-refractivity contribution in [3.8, 4) is 10.6 Å². The van der Waals surface area contributed by atoms with Gasteiger partial charge in [0.2, 0.25) is 0 Å². The van der Waals surface area contributed by atoms with Crippen LogP contribution in [0.1, 0.15) is 16.8 Å². The highest BCUT2D eigenvalue weighted by Gasteiger charge is 2.22. The molecule has 26 heavy (non-hydrogen) atoms. The summed E-state index contributed by atoms with van der Waals surface area (Å²) in [4.78, 5) is 9.04. The first-order valence-corrected chi connectivity index (χ1v) is 10.2. The zero-order valence-corrected chi connectivity index (χ0v) is 16.4. The molecule has 134 valence electrons. The van der Waals surface area contributed by atoms with Crippen LogP contribution in [0, 0.1) is 13.8 Å². The topological polar surface area (TPSA) is 20.6 Å². The number of piperazine rings is 1. The van der Waals surface area contributed by atoms with Gasteiger partial charge in [0, 0.05) is 16.6 Å². The van der Waals surface area contributed by atoms with E-state index in [4.69, 9.17) is 4.98 Å². The Balaban J connectivity index is 1.36. The van der Waals surface area contributed by atoms with E-state index in [0.29, 0.717) is 0 Å². The number of hydrogen-bond acceptors (Lipinski definition) is 3. The van der Waals surface area contributed by atoms with Gasteiger partial charge in [-0.15, -0.1) is 11.3 Å². The van der Waals surface area contributed by atoms with Gasteiger partial charge in [0.1, 0.15) is 17.2 Å². The smallest absolute Gasteiger partial charge is 0.123 e. The second-order valence-corrected chi connectivity index (χ2v) is 8.07. The molecule has 1 aromatic heterocycles. The van der Waals surface area contributed by atoms with Crippen molar-refractivity contribution in [2.24, 2.45) is 0 Å². The Hall–Kier alpha value is -2.17. The first-order valence-electron chi connectivity index (χ1n) is 9.34. The molecule has 1 saturated heterocycles. The number of quaternary nitrogens is 1. The molecule has 1 aliphatic heterocycles. The molecule has 4 heteroatoms. The number of aromatic nitrogens is 1. The van der Waals surface area contributed by atoms with Crippen LogP contribution in [0.2, 0.25) is 0 Å². The van der Waals surface area contributed by atoms with Gasteiger partial charge >= 0.3 is 0 Å². The van der Waals surface area contributed by atoms with Gasteiger partial charge in [-0.25, -0.2) is 4.98 Å². The van der Waals surface area contributed by atoms with Gasteiger partial charge in [0.25, 0.3) is 0 Å². The number of aryl methyl sites for hydroxylation is 2. The third kappa shape index (κ3) is 3.81. The minimum absolute atomic E-state index is 1.03. The summed E-state index contributed by atoms with van der Waals surface area (Å²) in [6, 6.07) is 17.4. The molecule has 3 nitrogen and oxygen atoms in total. The summed E-state index contributed by atoms with van der Waals surface area (Å²) in [5.41, 5.74) is 6.51. The molecule has 0 unspecified atom stereocenters. The van der Waals surface area contributed by atoms with Crippen molar-refractivity contribution in [3.05, 3.63) is 70.7 Å². The highest BCUT2D eigenvalue weighted by Crippen LogP contribution is 2.24. The fourth-order valence-electron chi connectivity index (χ4n) is 3.63. The molecule has 3 aromatic rings. The predicted molar refractivity (Wildman–Crippen MR) is 110 cm³/mol. The lowest BCUT2D eigenvalue weighted by Gasteiger charge is -2.34. The number of nitrogens with one attached hydrogen (secondary N) is 1. The Kier molecular flexibility index (Phi) is 5.05. The summed E-state index contributed by atoms with van der Waals surface area (Å²) in [5, 5.41) is 3.37. The Morgan fingerprint density at radius 1 is 1.00 bits per heavy atom. The van der Waals surface area contributed by atoms with Crippen molar-refractivity contribution in [2.45, 2.75) is 20.4 Å². The Morgan fingerprint density at radius 3 is 2.46 bits per heavy atom. The van der Waals surface area contributed by atoms with Crippen LogP contribution < -0.4 is 9.80 Å². The van der Waals surface area contributed by atoms with Gasteiger partial charge in [-0.3, -0.25) is 0 Å². The van der Waals surface area contributed by atoms with E-state index < -0.39 is 0 Å². The fraction of sp³-hybridized carbons (Fsp3) is 0.318. The summed E-state index contributed by atoms with van der Waals surface area (Å²) in [6.45, 7) is 9.94. The minimum Gasteiger partial charge on any atom is -0.360 e. The summed E-state index contributed by atoms with van der Waals surface area (Å²) < 4.78 is 0. The molecule has 0 aliphatic carbocycles. The summed E-state index contributed by atoms with van der Waals surface area (Å²) in [7, 11) is 0. The number of para-hydroxylation sites is 1. The van der Waals surface area contributed by atoms with E-state index in [9.17, 15) is 0 Å². The summed E-state index contributed by atoms with van der Waals surface area (Å²) in [6.07, 6.45) is 0. The van der Waals surface area contributed by atoms with Crippen LogP contribution in [-0.4, -0.2) is 31.2 Å². The second-order valence-electron chi connectivity index (χ2n) is 7.21. The van der Waals surface area contributed by atoms with E-state index >= 15 is 0 Å². The molecule has 0 bridgehead atoms. The van der Waals surface area contributed by atoms with Gasteiger partial charge in [-0.05, 0) is 25.5 Å². The molecule has 1 fully saturated rings. The van der Waals surface area contributed by atoms with Crippen LogP contribution in [0.5, 0.6) is 0 Å². The summed E-state index contributed by atoms with van der Waals surface area (Å²) in [5.74, 6) is 0. The SMILES string of the molecule is Cc1ccc(-c2nc(C[NH+]3CCN(c4ccccc4C)CC3)cs2)cc1. The van der Waals surface area contributed by atoms with Gasteiger partial charge in [-0.2, -0.15) is 0 Å². The van der Waals surface area contributed by atoms with E-state index in [1.807, 2.05) is 0 Å². The maximum absolute atomic E-state index is 4.88. The van der Waals surface area contributed by atoms with Crippen LogP contribution in [0.3, 0.4) is 0 Å². The fourth-order valence-corrected chi connectivity index (χ4v) is 4.46. The van der Waals surface area contributed by atoms with Crippen molar-refractivity contribution in [1.82, 2.24) is 4.98 Å². The van der Waals surface area contributed by atoms with Crippen LogP contribution in [-0.2, 0) is 6.54 Å². The van der Waals surface area contributed by atoms with Crippen molar-refractivity contribution in [1.29, 1.82) is 0 Å². The predicted octanol–water partition coefficient (Wildman–Crippen LogP) is 3.33. The standard InChI is InChI=1S/C22H25N3S/c1-17-7-9-19(10-8-17)22-23-20(16-26-22)15-24-11-13-25(14-12-24)21-6-4-3-5-18(21)2/h3-10,16H,11-15H2,1-2H3/p+1. The number of thiazole rings is 1. The Bertz CT molecular complexity index is 861. The molecule has 0 spiro atoms. The van der Waals surface area contributed by atoms with Crippen molar-refractivity contribution in [2.75, 3.05) is 31.1 Å². The molecule has 0 saturated carbocycles. The van der Waals surface area contributed by atoms with Crippen molar-refractivity contribution >= 4 is 17.0 Å². The number of rotatable bonds is 4. The molecule has 0 amide bonds. The minimum atomic E-state index is 1.03. The van der Waals surface area contributed by atoms with E-state index in [1.165, 1.54) is 41.2 Å². The van der Waals surface area contributed by atoms with Crippen LogP contribution in [0.15, 0.2) is 53.9 Å². The van der Waals surface area contributed by atoms with Crippen LogP contribution >= 0.6 is 11.3 Å². The van der Waals surface area contributed by atoms with Crippen molar-refractivity contribution < 1.29 is 4.90 Å². The maximum Gasteiger partial charge on any atom is 0.123 e. The molecule has 0 atom stereocenters. The average molecular weight is 365 g/mol. The first-order chi connectivity index (χ1) is 12.7. The monoisotopic (exact) mass is 364 g/mol. The van der Waals surface area contributed by atoms with Gasteiger partial charge in [0.15, 0.2) is 0 Å². The van der Waals surface area contributed by atoms with Gasteiger partial charge in [-0.1, -0.05) is 48.0 Å². The highest BCUT2D eigenvalue weighted by atomic mass is 32.1. The summed E-state index contributed by atoms with van der Waals surface area (Å²) >= 11 is 1.76. The van der Waals surface area contributed by atoms with Crippen LogP contribution in [0.25, 0.3) is 10.6 Å². The van der Waals surface area contributed by atoms with Crippen molar-refractivity contribution in [3.63, 3.8) is 0 Å². The largest absolute Gasteiger partial charge is 0.360 e. The zero-order chi connectivity index (χ0) is 17.9. The molecule has 4 rings (SSSR count). The number of nitrogens with zero attached hydrogens (tertiary/aromatic N) is 2. The lowest BCUT2D eigenvalue weighted by molar-refractivity contribution is -0.914. The molecule has 2 aromatic carbocycles. The second kappa shape index (κ2) is 7.60. The zero-order valence-electron chi connectivity index (χ0n) is 15.5. The molecule has 2 heterocycles.